The van der Waals surface area contributed by atoms with E-state index in [-0.39, 0.29) is 23.8 Å². The zero-order valence-electron chi connectivity index (χ0n) is 10.3. The summed E-state index contributed by atoms with van der Waals surface area (Å²) >= 11 is 0. The first kappa shape index (κ1) is 14.0. The summed E-state index contributed by atoms with van der Waals surface area (Å²) in [5.74, 6) is -0.215. The summed E-state index contributed by atoms with van der Waals surface area (Å²) in [5.41, 5.74) is -1.50. The Kier molecular flexibility index (Phi) is 3.47. The fourth-order valence-electron chi connectivity index (χ4n) is 1.54. The van der Waals surface area contributed by atoms with Gasteiger partial charge in [-0.15, -0.1) is 0 Å². The standard InChI is InChI=1S/C12H9F3N2O3/c1-7(18)10-4-9(20-16-10)6-17-5-8(12(13,14)15)2-3-11(17)19/h2-5H,6H2,1H3. The van der Waals surface area contributed by atoms with Crippen LogP contribution in [0.1, 0.15) is 28.7 Å². The van der Waals surface area contributed by atoms with E-state index in [0.29, 0.717) is 12.3 Å². The van der Waals surface area contributed by atoms with Crippen LogP contribution in [-0.2, 0) is 12.7 Å². The summed E-state index contributed by atoms with van der Waals surface area (Å²) in [5, 5.41) is 3.45. The van der Waals surface area contributed by atoms with Gasteiger partial charge in [-0.1, -0.05) is 5.16 Å². The van der Waals surface area contributed by atoms with Gasteiger partial charge in [-0.2, -0.15) is 13.2 Å². The van der Waals surface area contributed by atoms with Crippen molar-refractivity contribution in [2.24, 2.45) is 0 Å². The van der Waals surface area contributed by atoms with E-state index in [1.807, 2.05) is 0 Å². The molecule has 5 nitrogen and oxygen atoms in total. The number of hydrogen-bond acceptors (Lipinski definition) is 4. The summed E-state index contributed by atoms with van der Waals surface area (Å²) in [7, 11) is 0. The molecule has 0 radical (unpaired) electrons. The van der Waals surface area contributed by atoms with E-state index >= 15 is 0 Å². The lowest BCUT2D eigenvalue weighted by Gasteiger charge is -2.09. The Morgan fingerprint density at radius 3 is 2.65 bits per heavy atom. The predicted molar refractivity (Wildman–Crippen MR) is 61.3 cm³/mol. The van der Waals surface area contributed by atoms with Gasteiger partial charge in [0, 0.05) is 25.3 Å². The molecule has 0 fully saturated rings. The van der Waals surface area contributed by atoms with E-state index in [2.05, 4.69) is 5.16 Å². The second-order valence-electron chi connectivity index (χ2n) is 4.12. The lowest BCUT2D eigenvalue weighted by Crippen LogP contribution is -2.21. The smallest absolute Gasteiger partial charge is 0.359 e. The molecule has 8 heteroatoms. The van der Waals surface area contributed by atoms with Crippen LogP contribution in [0.15, 0.2) is 33.7 Å². The Morgan fingerprint density at radius 1 is 1.40 bits per heavy atom. The topological polar surface area (TPSA) is 65.1 Å². The molecule has 2 heterocycles. The van der Waals surface area contributed by atoms with Crippen molar-refractivity contribution in [3.8, 4) is 0 Å². The molecular formula is C12H9F3N2O3. The van der Waals surface area contributed by atoms with Crippen molar-refractivity contribution in [2.45, 2.75) is 19.6 Å². The Morgan fingerprint density at radius 2 is 2.10 bits per heavy atom. The second kappa shape index (κ2) is 4.95. The number of halogens is 3. The number of carbonyl (C=O) groups excluding carboxylic acids is 1. The van der Waals surface area contributed by atoms with E-state index in [1.54, 1.807) is 0 Å². The zero-order chi connectivity index (χ0) is 14.9. The third kappa shape index (κ3) is 2.95. The number of alkyl halides is 3. The first-order valence-corrected chi connectivity index (χ1v) is 5.51. The number of pyridine rings is 1. The minimum atomic E-state index is -4.54. The van der Waals surface area contributed by atoms with Crippen LogP contribution in [0.3, 0.4) is 0 Å². The van der Waals surface area contributed by atoms with E-state index in [4.69, 9.17) is 4.52 Å². The predicted octanol–water partition coefficient (Wildman–Crippen LogP) is 2.11. The minimum absolute atomic E-state index is 0.0556. The van der Waals surface area contributed by atoms with Crippen LogP contribution >= 0.6 is 0 Å². The van der Waals surface area contributed by atoms with Crippen LogP contribution < -0.4 is 5.56 Å². The normalized spacial score (nSPS) is 11.6. The van der Waals surface area contributed by atoms with Gasteiger partial charge in [-0.25, -0.2) is 0 Å². The number of rotatable bonds is 3. The van der Waals surface area contributed by atoms with Crippen molar-refractivity contribution in [3.63, 3.8) is 0 Å². The van der Waals surface area contributed by atoms with Crippen molar-refractivity contribution >= 4 is 5.78 Å². The van der Waals surface area contributed by atoms with Gasteiger partial charge < -0.3 is 9.09 Å². The lowest BCUT2D eigenvalue weighted by molar-refractivity contribution is -0.138. The highest BCUT2D eigenvalue weighted by molar-refractivity contribution is 5.91. The van der Waals surface area contributed by atoms with Gasteiger partial charge in [-0.05, 0) is 6.07 Å². The number of Topliss-reactive ketones (excluding diaryl/α,β-unsaturated/α-hetero) is 1. The van der Waals surface area contributed by atoms with Crippen LogP contribution in [0.4, 0.5) is 13.2 Å². The molecule has 2 aromatic rings. The maximum atomic E-state index is 12.6. The molecule has 0 spiro atoms. The SMILES string of the molecule is CC(=O)c1cc(Cn2cc(C(F)(F)F)ccc2=O)on1. The second-order valence-corrected chi connectivity index (χ2v) is 4.12. The van der Waals surface area contributed by atoms with Gasteiger partial charge >= 0.3 is 6.18 Å². The van der Waals surface area contributed by atoms with Crippen molar-refractivity contribution in [2.75, 3.05) is 0 Å². The molecule has 0 aliphatic carbocycles. The number of nitrogens with zero attached hydrogens (tertiary/aromatic N) is 2. The van der Waals surface area contributed by atoms with E-state index < -0.39 is 17.3 Å². The first-order chi connectivity index (χ1) is 9.27. The van der Waals surface area contributed by atoms with Gasteiger partial charge in [0.1, 0.15) is 5.69 Å². The third-order valence-electron chi connectivity index (χ3n) is 2.56. The van der Waals surface area contributed by atoms with Crippen LogP contribution in [0.2, 0.25) is 0 Å². The Balaban J connectivity index is 2.32. The molecule has 0 aliphatic heterocycles. The van der Waals surface area contributed by atoms with Gasteiger partial charge in [0.25, 0.3) is 5.56 Å². The average Bonchev–Trinajstić information content (AvgIpc) is 2.79. The molecular weight excluding hydrogens is 277 g/mol. The van der Waals surface area contributed by atoms with Crippen LogP contribution in [0, 0.1) is 0 Å². The van der Waals surface area contributed by atoms with E-state index in [0.717, 1.165) is 10.6 Å². The average molecular weight is 286 g/mol. The quantitative estimate of drug-likeness (QED) is 0.810. The van der Waals surface area contributed by atoms with Crippen molar-refractivity contribution in [3.05, 3.63) is 51.8 Å². The molecule has 20 heavy (non-hydrogen) atoms. The first-order valence-electron chi connectivity index (χ1n) is 5.51. The summed E-state index contributed by atoms with van der Waals surface area (Å²) < 4.78 is 43.3. The number of aromatic nitrogens is 2. The van der Waals surface area contributed by atoms with Crippen LogP contribution in [-0.4, -0.2) is 15.5 Å². The molecule has 106 valence electrons. The minimum Gasteiger partial charge on any atom is -0.359 e. The van der Waals surface area contributed by atoms with Crippen molar-refractivity contribution in [1.82, 2.24) is 9.72 Å². The molecule has 0 atom stereocenters. The number of hydrogen-bond donors (Lipinski definition) is 0. The molecule has 2 aromatic heterocycles. The highest BCUT2D eigenvalue weighted by atomic mass is 19.4. The number of ketones is 1. The van der Waals surface area contributed by atoms with Gasteiger partial charge in [0.2, 0.25) is 0 Å². The maximum absolute atomic E-state index is 12.6. The van der Waals surface area contributed by atoms with Crippen LogP contribution in [0.5, 0.6) is 0 Å². The van der Waals surface area contributed by atoms with Gasteiger partial charge in [-0.3, -0.25) is 9.59 Å². The Hall–Kier alpha value is -2.38. The molecule has 0 saturated carbocycles. The van der Waals surface area contributed by atoms with Gasteiger partial charge in [0.05, 0.1) is 12.1 Å². The monoisotopic (exact) mass is 286 g/mol. The Labute approximate surface area is 110 Å². The highest BCUT2D eigenvalue weighted by Crippen LogP contribution is 2.28. The van der Waals surface area contributed by atoms with Crippen LogP contribution in [0.25, 0.3) is 0 Å². The molecule has 0 aromatic carbocycles. The lowest BCUT2D eigenvalue weighted by atomic mass is 10.2. The van der Waals surface area contributed by atoms with Crippen molar-refractivity contribution < 1.29 is 22.5 Å². The molecule has 0 N–H and O–H groups in total. The molecule has 0 saturated heterocycles. The van der Waals surface area contributed by atoms with E-state index in [9.17, 15) is 22.8 Å². The zero-order valence-corrected chi connectivity index (χ0v) is 10.3. The molecule has 0 amide bonds. The van der Waals surface area contributed by atoms with E-state index in [1.165, 1.54) is 13.0 Å². The van der Waals surface area contributed by atoms with Crippen molar-refractivity contribution in [1.29, 1.82) is 0 Å². The molecule has 0 aliphatic rings. The molecule has 0 bridgehead atoms. The largest absolute Gasteiger partial charge is 0.417 e. The third-order valence-corrected chi connectivity index (χ3v) is 2.56. The molecule has 2 rings (SSSR count). The highest BCUT2D eigenvalue weighted by Gasteiger charge is 2.31. The number of carbonyl (C=O) groups is 1. The van der Waals surface area contributed by atoms with Gasteiger partial charge in [0.15, 0.2) is 11.5 Å². The Bertz CT molecular complexity index is 700. The summed E-state index contributed by atoms with van der Waals surface area (Å²) in [6, 6.07) is 2.82. The molecule has 0 unspecified atom stereocenters. The fraction of sp³-hybridized carbons (Fsp3) is 0.250. The fourth-order valence-corrected chi connectivity index (χ4v) is 1.54. The summed E-state index contributed by atoms with van der Waals surface area (Å²) in [6.07, 6.45) is -3.85. The maximum Gasteiger partial charge on any atom is 0.417 e. The summed E-state index contributed by atoms with van der Waals surface area (Å²) in [4.78, 5) is 22.5. The summed E-state index contributed by atoms with van der Waals surface area (Å²) in [6.45, 7) is 1.04.